The number of nitrogens with one attached hydrogen (secondary N) is 1. The van der Waals surface area contributed by atoms with Gasteiger partial charge in [-0.15, -0.1) is 0 Å². The zero-order valence-electron chi connectivity index (χ0n) is 14.1. The van der Waals surface area contributed by atoms with Crippen molar-refractivity contribution < 1.29 is 27.4 Å². The molecule has 0 spiro atoms. The van der Waals surface area contributed by atoms with E-state index >= 15 is 0 Å². The van der Waals surface area contributed by atoms with Crippen LogP contribution in [0, 0.1) is 0 Å². The average Bonchev–Trinajstić information content (AvgIpc) is 3.07. The highest BCUT2D eigenvalue weighted by Crippen LogP contribution is 2.33. The third kappa shape index (κ3) is 4.28. The highest BCUT2D eigenvalue weighted by molar-refractivity contribution is 5.76. The van der Waals surface area contributed by atoms with Gasteiger partial charge in [-0.25, -0.2) is 0 Å². The standard InChI is InChI=1S/C19H18F3NO3/c1-12(14-4-6-15(7-5-14)19(20,21)22)23-18(24)9-3-13-2-8-16-17(10-13)26-11-25-16/h2,4-8,10,12H,3,9,11H2,1H3,(H,23,24). The van der Waals surface area contributed by atoms with Gasteiger partial charge in [0.05, 0.1) is 11.6 Å². The lowest BCUT2D eigenvalue weighted by atomic mass is 10.0. The van der Waals surface area contributed by atoms with Gasteiger partial charge in [-0.05, 0) is 48.7 Å². The number of ether oxygens (including phenoxy) is 2. The van der Waals surface area contributed by atoms with Crippen molar-refractivity contribution in [3.05, 3.63) is 59.2 Å². The summed E-state index contributed by atoms with van der Waals surface area (Å²) in [5.74, 6) is 1.19. The number of fused-ring (bicyclic) bond motifs is 1. The Labute approximate surface area is 148 Å². The minimum atomic E-state index is -4.37. The molecule has 3 rings (SSSR count). The number of carbonyl (C=O) groups excluding carboxylic acids is 1. The Morgan fingerprint density at radius 3 is 2.50 bits per heavy atom. The minimum absolute atomic E-state index is 0.171. The summed E-state index contributed by atoms with van der Waals surface area (Å²) in [7, 11) is 0. The lowest BCUT2D eigenvalue weighted by Crippen LogP contribution is -2.26. The molecule has 138 valence electrons. The molecule has 26 heavy (non-hydrogen) atoms. The van der Waals surface area contributed by atoms with E-state index < -0.39 is 11.7 Å². The number of hydrogen-bond donors (Lipinski definition) is 1. The van der Waals surface area contributed by atoms with E-state index in [1.54, 1.807) is 13.0 Å². The van der Waals surface area contributed by atoms with Crippen molar-refractivity contribution >= 4 is 5.91 Å². The van der Waals surface area contributed by atoms with Crippen molar-refractivity contribution in [3.8, 4) is 11.5 Å². The Bertz CT molecular complexity index is 788. The zero-order valence-corrected chi connectivity index (χ0v) is 14.1. The summed E-state index contributed by atoms with van der Waals surface area (Å²) < 4.78 is 48.3. The van der Waals surface area contributed by atoms with Crippen LogP contribution in [0.25, 0.3) is 0 Å². The van der Waals surface area contributed by atoms with Crippen LogP contribution in [-0.2, 0) is 17.4 Å². The molecule has 0 saturated carbocycles. The van der Waals surface area contributed by atoms with Crippen molar-refractivity contribution in [3.63, 3.8) is 0 Å². The fourth-order valence-corrected chi connectivity index (χ4v) is 2.71. The molecule has 1 N–H and O–H groups in total. The number of rotatable bonds is 5. The lowest BCUT2D eigenvalue weighted by Gasteiger charge is -2.15. The second kappa shape index (κ2) is 7.27. The van der Waals surface area contributed by atoms with Gasteiger partial charge in [-0.1, -0.05) is 18.2 Å². The molecule has 1 heterocycles. The molecule has 1 unspecified atom stereocenters. The minimum Gasteiger partial charge on any atom is -0.454 e. The molecule has 2 aromatic rings. The van der Waals surface area contributed by atoms with E-state index in [0.29, 0.717) is 23.5 Å². The maximum absolute atomic E-state index is 12.6. The molecule has 0 aliphatic carbocycles. The Balaban J connectivity index is 1.52. The second-order valence-corrected chi connectivity index (χ2v) is 6.10. The van der Waals surface area contributed by atoms with Gasteiger partial charge in [0.15, 0.2) is 11.5 Å². The van der Waals surface area contributed by atoms with E-state index in [0.717, 1.165) is 17.7 Å². The summed E-state index contributed by atoms with van der Waals surface area (Å²) >= 11 is 0. The molecule has 0 radical (unpaired) electrons. The normalized spacial score (nSPS) is 14.2. The molecule has 1 aliphatic rings. The fourth-order valence-electron chi connectivity index (χ4n) is 2.71. The van der Waals surface area contributed by atoms with Crippen molar-refractivity contribution in [1.82, 2.24) is 5.32 Å². The van der Waals surface area contributed by atoms with Crippen LogP contribution in [0.2, 0.25) is 0 Å². The van der Waals surface area contributed by atoms with Crippen molar-refractivity contribution in [1.29, 1.82) is 0 Å². The first-order chi connectivity index (χ1) is 12.3. The highest BCUT2D eigenvalue weighted by Gasteiger charge is 2.30. The van der Waals surface area contributed by atoms with Crippen LogP contribution >= 0.6 is 0 Å². The van der Waals surface area contributed by atoms with Crippen LogP contribution in [0.4, 0.5) is 13.2 Å². The first-order valence-corrected chi connectivity index (χ1v) is 8.18. The number of hydrogen-bond acceptors (Lipinski definition) is 3. The first kappa shape index (κ1) is 18.1. The highest BCUT2D eigenvalue weighted by atomic mass is 19.4. The predicted molar refractivity (Wildman–Crippen MR) is 88.9 cm³/mol. The number of aryl methyl sites for hydroxylation is 1. The van der Waals surface area contributed by atoms with Gasteiger partial charge in [0.2, 0.25) is 12.7 Å². The van der Waals surface area contributed by atoms with E-state index in [9.17, 15) is 18.0 Å². The molecular formula is C19H18F3NO3. The molecule has 1 atom stereocenters. The quantitative estimate of drug-likeness (QED) is 0.862. The molecule has 4 nitrogen and oxygen atoms in total. The predicted octanol–water partition coefficient (Wildman–Crippen LogP) is 4.24. The van der Waals surface area contributed by atoms with E-state index in [-0.39, 0.29) is 25.2 Å². The van der Waals surface area contributed by atoms with Crippen LogP contribution in [0.1, 0.15) is 36.1 Å². The Morgan fingerprint density at radius 2 is 1.81 bits per heavy atom. The molecule has 1 aliphatic heterocycles. The van der Waals surface area contributed by atoms with E-state index in [4.69, 9.17) is 9.47 Å². The van der Waals surface area contributed by atoms with Crippen LogP contribution in [-0.4, -0.2) is 12.7 Å². The van der Waals surface area contributed by atoms with Gasteiger partial charge in [0, 0.05) is 6.42 Å². The third-order valence-corrected chi connectivity index (χ3v) is 4.19. The lowest BCUT2D eigenvalue weighted by molar-refractivity contribution is -0.137. The summed E-state index contributed by atoms with van der Waals surface area (Å²) in [6.07, 6.45) is -3.57. The number of carbonyl (C=O) groups is 1. The summed E-state index contributed by atoms with van der Waals surface area (Å²) in [5, 5.41) is 2.80. The maximum atomic E-state index is 12.6. The second-order valence-electron chi connectivity index (χ2n) is 6.10. The Kier molecular flexibility index (Phi) is 5.06. The Morgan fingerprint density at radius 1 is 1.12 bits per heavy atom. The monoisotopic (exact) mass is 365 g/mol. The van der Waals surface area contributed by atoms with Crippen LogP contribution < -0.4 is 14.8 Å². The smallest absolute Gasteiger partial charge is 0.416 e. The maximum Gasteiger partial charge on any atom is 0.416 e. The van der Waals surface area contributed by atoms with Crippen LogP contribution in [0.5, 0.6) is 11.5 Å². The first-order valence-electron chi connectivity index (χ1n) is 8.18. The largest absolute Gasteiger partial charge is 0.454 e. The van der Waals surface area contributed by atoms with Gasteiger partial charge in [0.25, 0.3) is 0 Å². The number of alkyl halides is 3. The SMILES string of the molecule is CC(NC(=O)CCc1ccc2c(c1)OCO2)c1ccc(C(F)(F)F)cc1. The average molecular weight is 365 g/mol. The third-order valence-electron chi connectivity index (χ3n) is 4.19. The molecule has 0 aromatic heterocycles. The summed E-state index contributed by atoms with van der Waals surface area (Å²) in [6.45, 7) is 1.94. The zero-order chi connectivity index (χ0) is 18.7. The summed E-state index contributed by atoms with van der Waals surface area (Å²) in [5.41, 5.74) is 0.864. The van der Waals surface area contributed by atoms with Gasteiger partial charge in [-0.3, -0.25) is 4.79 Å². The van der Waals surface area contributed by atoms with Gasteiger partial charge in [-0.2, -0.15) is 13.2 Å². The van der Waals surface area contributed by atoms with Crippen LogP contribution in [0.15, 0.2) is 42.5 Å². The molecule has 1 amide bonds. The molecular weight excluding hydrogens is 347 g/mol. The van der Waals surface area contributed by atoms with E-state index in [1.165, 1.54) is 12.1 Å². The van der Waals surface area contributed by atoms with Crippen LogP contribution in [0.3, 0.4) is 0 Å². The van der Waals surface area contributed by atoms with Crippen molar-refractivity contribution in [2.75, 3.05) is 6.79 Å². The molecule has 2 aromatic carbocycles. The number of halogens is 3. The molecule has 7 heteroatoms. The van der Waals surface area contributed by atoms with E-state index in [1.807, 2.05) is 12.1 Å². The summed E-state index contributed by atoms with van der Waals surface area (Å²) in [6, 6.07) is 9.95. The van der Waals surface area contributed by atoms with Gasteiger partial charge >= 0.3 is 6.18 Å². The number of amides is 1. The summed E-state index contributed by atoms with van der Waals surface area (Å²) in [4.78, 5) is 12.1. The fraction of sp³-hybridized carbons (Fsp3) is 0.316. The topological polar surface area (TPSA) is 47.6 Å². The van der Waals surface area contributed by atoms with Crippen molar-refractivity contribution in [2.45, 2.75) is 32.0 Å². The van der Waals surface area contributed by atoms with Crippen molar-refractivity contribution in [2.24, 2.45) is 0 Å². The van der Waals surface area contributed by atoms with Gasteiger partial charge < -0.3 is 14.8 Å². The molecule has 0 saturated heterocycles. The van der Waals surface area contributed by atoms with E-state index in [2.05, 4.69) is 5.32 Å². The Hall–Kier alpha value is -2.70. The number of benzene rings is 2. The van der Waals surface area contributed by atoms with Gasteiger partial charge in [0.1, 0.15) is 0 Å². The molecule has 0 bridgehead atoms. The molecule has 0 fully saturated rings.